The first-order chi connectivity index (χ1) is 10.6. The number of rotatable bonds is 6. The van der Waals surface area contributed by atoms with Crippen LogP contribution in [0.1, 0.15) is 20.8 Å². The van der Waals surface area contributed by atoms with Crippen LogP contribution in [0.5, 0.6) is 5.75 Å². The van der Waals surface area contributed by atoms with Gasteiger partial charge in [-0.15, -0.1) is 0 Å². The molecule has 23 heavy (non-hydrogen) atoms. The Bertz CT molecular complexity index is 529. The Labute approximate surface area is 149 Å². The minimum atomic E-state index is -0.612. The minimum absolute atomic E-state index is 0.0246. The van der Waals surface area contributed by atoms with Crippen LogP contribution in [0.2, 0.25) is 15.6 Å². The number of alkyl carbamates (subject to hydrolysis) is 1. The molecule has 0 aliphatic rings. The smallest absolute Gasteiger partial charge is 0.408 e. The summed E-state index contributed by atoms with van der Waals surface area (Å²) in [6.45, 7) is 5.51. The van der Waals surface area contributed by atoms with Crippen molar-refractivity contribution in [1.29, 1.82) is 0 Å². The zero-order valence-electron chi connectivity index (χ0n) is 13.2. The first-order valence-electron chi connectivity index (χ1n) is 6.62. The molecule has 1 amide bonds. The molecule has 0 radical (unpaired) electrons. The second-order valence-corrected chi connectivity index (χ2v) is 6.57. The SMILES string of the molecule is COC[C@H](COc1c(Cl)nc(Cl)nc1Cl)NC(=O)OC(C)(C)C. The van der Waals surface area contributed by atoms with E-state index in [0.717, 1.165) is 0 Å². The lowest BCUT2D eigenvalue weighted by Crippen LogP contribution is -2.44. The van der Waals surface area contributed by atoms with Crippen molar-refractivity contribution in [2.75, 3.05) is 20.3 Å². The molecule has 0 aromatic carbocycles. The summed E-state index contributed by atoms with van der Waals surface area (Å²) in [5.41, 5.74) is -0.612. The standard InChI is InChI=1S/C13H18Cl3N3O4/c1-13(2,3)23-12(20)17-7(5-21-4)6-22-8-9(14)18-11(16)19-10(8)15/h7H,5-6H2,1-4H3,(H,17,20)/t7-/m1/s1. The molecule has 0 unspecified atom stereocenters. The number of nitrogens with zero attached hydrogens (tertiary/aromatic N) is 2. The van der Waals surface area contributed by atoms with Crippen molar-refractivity contribution in [2.24, 2.45) is 0 Å². The number of ether oxygens (including phenoxy) is 3. The quantitative estimate of drug-likeness (QED) is 0.596. The van der Waals surface area contributed by atoms with E-state index in [2.05, 4.69) is 15.3 Å². The molecule has 0 aliphatic heterocycles. The van der Waals surface area contributed by atoms with Crippen LogP contribution in [0.15, 0.2) is 0 Å². The summed E-state index contributed by atoms with van der Waals surface area (Å²) in [6, 6.07) is -0.488. The van der Waals surface area contributed by atoms with Gasteiger partial charge in [-0.2, -0.15) is 0 Å². The lowest BCUT2D eigenvalue weighted by Gasteiger charge is -2.23. The topological polar surface area (TPSA) is 82.6 Å². The van der Waals surface area contributed by atoms with Crippen molar-refractivity contribution in [3.05, 3.63) is 15.6 Å². The highest BCUT2D eigenvalue weighted by Gasteiger charge is 2.21. The highest BCUT2D eigenvalue weighted by Crippen LogP contribution is 2.30. The van der Waals surface area contributed by atoms with Crippen molar-refractivity contribution in [3.63, 3.8) is 0 Å². The van der Waals surface area contributed by atoms with E-state index in [9.17, 15) is 4.79 Å². The monoisotopic (exact) mass is 385 g/mol. The van der Waals surface area contributed by atoms with Gasteiger partial charge in [0.25, 0.3) is 0 Å². The van der Waals surface area contributed by atoms with E-state index in [4.69, 9.17) is 49.0 Å². The van der Waals surface area contributed by atoms with E-state index in [0.29, 0.717) is 0 Å². The van der Waals surface area contributed by atoms with Crippen molar-refractivity contribution >= 4 is 40.9 Å². The number of hydrogen-bond acceptors (Lipinski definition) is 6. The number of carbonyl (C=O) groups excluding carboxylic acids is 1. The van der Waals surface area contributed by atoms with E-state index < -0.39 is 17.7 Å². The number of carbonyl (C=O) groups is 1. The summed E-state index contributed by atoms with van der Waals surface area (Å²) >= 11 is 17.4. The number of amides is 1. The maximum atomic E-state index is 11.8. The molecule has 0 spiro atoms. The highest BCUT2D eigenvalue weighted by atomic mass is 35.5. The zero-order valence-corrected chi connectivity index (χ0v) is 15.4. The van der Waals surface area contributed by atoms with Gasteiger partial charge in [-0.3, -0.25) is 0 Å². The van der Waals surface area contributed by atoms with Gasteiger partial charge in [-0.1, -0.05) is 23.2 Å². The van der Waals surface area contributed by atoms with E-state index in [1.54, 1.807) is 20.8 Å². The molecule has 1 aromatic heterocycles. The fraction of sp³-hybridized carbons (Fsp3) is 0.615. The van der Waals surface area contributed by atoms with E-state index in [-0.39, 0.29) is 34.6 Å². The molecule has 1 heterocycles. The summed E-state index contributed by atoms with van der Waals surface area (Å²) in [5, 5.41) is 2.49. The molecule has 0 aliphatic carbocycles. The highest BCUT2D eigenvalue weighted by molar-refractivity contribution is 6.37. The first kappa shape index (κ1) is 20.0. The second-order valence-electron chi connectivity index (χ2n) is 5.51. The fourth-order valence-electron chi connectivity index (χ4n) is 1.48. The van der Waals surface area contributed by atoms with Gasteiger partial charge in [0.05, 0.1) is 12.6 Å². The molecular formula is C13H18Cl3N3O4. The first-order valence-corrected chi connectivity index (χ1v) is 7.75. The molecule has 7 nitrogen and oxygen atoms in total. The predicted octanol–water partition coefficient (Wildman–Crippen LogP) is 3.36. The normalized spacial score (nSPS) is 12.7. The largest absolute Gasteiger partial charge is 0.485 e. The van der Waals surface area contributed by atoms with Crippen LogP contribution in [0.3, 0.4) is 0 Å². The van der Waals surface area contributed by atoms with Crippen molar-refractivity contribution in [3.8, 4) is 5.75 Å². The Morgan fingerprint density at radius 3 is 2.22 bits per heavy atom. The van der Waals surface area contributed by atoms with Crippen LogP contribution in [0.25, 0.3) is 0 Å². The average Bonchev–Trinajstić information content (AvgIpc) is 2.34. The molecule has 1 atom stereocenters. The third-order valence-electron chi connectivity index (χ3n) is 2.27. The van der Waals surface area contributed by atoms with E-state index in [1.807, 2.05) is 0 Å². The Balaban J connectivity index is 2.68. The van der Waals surface area contributed by atoms with E-state index >= 15 is 0 Å². The van der Waals surface area contributed by atoms with Crippen LogP contribution < -0.4 is 10.1 Å². The van der Waals surface area contributed by atoms with Gasteiger partial charge in [0.1, 0.15) is 12.2 Å². The zero-order chi connectivity index (χ0) is 17.6. The van der Waals surface area contributed by atoms with Crippen LogP contribution >= 0.6 is 34.8 Å². The Kier molecular flexibility index (Phi) is 7.60. The van der Waals surface area contributed by atoms with Crippen molar-refractivity contribution in [1.82, 2.24) is 15.3 Å². The molecule has 1 rings (SSSR count). The number of aromatic nitrogens is 2. The van der Waals surface area contributed by atoms with Crippen LogP contribution in [-0.4, -0.2) is 48.0 Å². The number of nitrogens with one attached hydrogen (secondary N) is 1. The summed E-state index contributed by atoms with van der Waals surface area (Å²) in [4.78, 5) is 19.3. The molecule has 0 saturated heterocycles. The maximum absolute atomic E-state index is 11.8. The van der Waals surface area contributed by atoms with Gasteiger partial charge in [0.2, 0.25) is 5.28 Å². The molecule has 1 N–H and O–H groups in total. The summed E-state index contributed by atoms with van der Waals surface area (Å²) in [5.74, 6) is 0.0739. The molecule has 0 saturated carbocycles. The van der Waals surface area contributed by atoms with Gasteiger partial charge < -0.3 is 19.5 Å². The second kappa shape index (κ2) is 8.73. The van der Waals surface area contributed by atoms with Gasteiger partial charge >= 0.3 is 6.09 Å². The van der Waals surface area contributed by atoms with Gasteiger partial charge in [0, 0.05) is 7.11 Å². The molecule has 0 bridgehead atoms. The number of methoxy groups -OCH3 is 1. The number of hydrogen-bond donors (Lipinski definition) is 1. The predicted molar refractivity (Wildman–Crippen MR) is 87.6 cm³/mol. The van der Waals surface area contributed by atoms with Crippen LogP contribution in [-0.2, 0) is 9.47 Å². The average molecular weight is 387 g/mol. The van der Waals surface area contributed by atoms with E-state index in [1.165, 1.54) is 7.11 Å². The van der Waals surface area contributed by atoms with Crippen LogP contribution in [0.4, 0.5) is 4.79 Å². The summed E-state index contributed by atoms with van der Waals surface area (Å²) < 4.78 is 15.7. The maximum Gasteiger partial charge on any atom is 0.408 e. The third-order valence-corrected chi connectivity index (χ3v) is 2.95. The molecule has 10 heteroatoms. The number of halogens is 3. The Morgan fingerprint density at radius 2 is 1.74 bits per heavy atom. The van der Waals surface area contributed by atoms with Gasteiger partial charge in [0.15, 0.2) is 16.1 Å². The van der Waals surface area contributed by atoms with Crippen molar-refractivity contribution < 1.29 is 19.0 Å². The Morgan fingerprint density at radius 1 is 1.17 bits per heavy atom. The molecule has 1 aromatic rings. The molecule has 130 valence electrons. The lowest BCUT2D eigenvalue weighted by molar-refractivity contribution is 0.0438. The minimum Gasteiger partial charge on any atom is -0.485 e. The lowest BCUT2D eigenvalue weighted by atomic mass is 10.2. The van der Waals surface area contributed by atoms with Crippen LogP contribution in [0, 0.1) is 0 Å². The summed E-state index contributed by atoms with van der Waals surface area (Å²) in [6.07, 6.45) is -0.590. The third kappa shape index (κ3) is 7.39. The van der Waals surface area contributed by atoms with Gasteiger partial charge in [-0.05, 0) is 32.4 Å². The molecule has 0 fully saturated rings. The Hall–Kier alpha value is -1.02. The summed E-state index contributed by atoms with van der Waals surface area (Å²) in [7, 11) is 1.50. The van der Waals surface area contributed by atoms with Crippen molar-refractivity contribution in [2.45, 2.75) is 32.4 Å². The molecular weight excluding hydrogens is 369 g/mol. The van der Waals surface area contributed by atoms with Gasteiger partial charge in [-0.25, -0.2) is 14.8 Å². The fourth-order valence-corrected chi connectivity index (χ4v) is 2.24.